The van der Waals surface area contributed by atoms with E-state index >= 15 is 0 Å². The smallest absolute Gasteiger partial charge is 0.410 e. The van der Waals surface area contributed by atoms with Crippen molar-refractivity contribution >= 4 is 17.7 Å². The lowest BCUT2D eigenvalue weighted by Crippen LogP contribution is -2.37. The van der Waals surface area contributed by atoms with Crippen LogP contribution in [0, 0.1) is 0 Å². The molecule has 0 N–H and O–H groups in total. The number of alkyl halides is 1. The van der Waals surface area contributed by atoms with E-state index in [1.165, 1.54) is 0 Å². The van der Waals surface area contributed by atoms with Crippen molar-refractivity contribution in [1.82, 2.24) is 4.90 Å². The van der Waals surface area contributed by atoms with Crippen LogP contribution in [0.15, 0.2) is 30.3 Å². The highest BCUT2D eigenvalue weighted by atomic mass is 35.5. The van der Waals surface area contributed by atoms with E-state index < -0.39 is 5.60 Å². The molecule has 1 rings (SSSR count). The summed E-state index contributed by atoms with van der Waals surface area (Å²) in [6.07, 6.45) is -0.327. The topological polar surface area (TPSA) is 29.5 Å². The zero-order valence-electron chi connectivity index (χ0n) is 11.1. The second kappa shape index (κ2) is 6.64. The molecule has 100 valence electrons. The Morgan fingerprint density at radius 2 is 1.89 bits per heavy atom. The van der Waals surface area contributed by atoms with Crippen molar-refractivity contribution < 1.29 is 9.53 Å². The van der Waals surface area contributed by atoms with Gasteiger partial charge in [-0.15, -0.1) is 11.6 Å². The van der Waals surface area contributed by atoms with Gasteiger partial charge in [-0.05, 0) is 26.3 Å². The van der Waals surface area contributed by atoms with Crippen molar-refractivity contribution in [3.05, 3.63) is 35.9 Å². The van der Waals surface area contributed by atoms with Crippen molar-refractivity contribution in [2.24, 2.45) is 0 Å². The molecule has 1 aromatic rings. The molecule has 0 aliphatic carbocycles. The summed E-state index contributed by atoms with van der Waals surface area (Å²) >= 11 is 5.73. The van der Waals surface area contributed by atoms with Gasteiger partial charge in [-0.1, -0.05) is 30.3 Å². The molecular formula is C14H20ClNO2. The summed E-state index contributed by atoms with van der Waals surface area (Å²) in [6.45, 7) is 6.55. The van der Waals surface area contributed by atoms with Gasteiger partial charge in [-0.25, -0.2) is 4.79 Å². The number of halogens is 1. The van der Waals surface area contributed by atoms with Gasteiger partial charge in [0.1, 0.15) is 5.60 Å². The summed E-state index contributed by atoms with van der Waals surface area (Å²) in [4.78, 5) is 13.6. The lowest BCUT2D eigenvalue weighted by molar-refractivity contribution is 0.0246. The number of hydrogen-bond acceptors (Lipinski definition) is 2. The summed E-state index contributed by atoms with van der Waals surface area (Å²) in [5, 5.41) is 0. The van der Waals surface area contributed by atoms with E-state index in [9.17, 15) is 4.79 Å². The van der Waals surface area contributed by atoms with Crippen molar-refractivity contribution in [2.45, 2.75) is 32.9 Å². The van der Waals surface area contributed by atoms with Gasteiger partial charge in [0.05, 0.1) is 0 Å². The predicted octanol–water partition coefficient (Wildman–Crippen LogP) is 3.66. The van der Waals surface area contributed by atoms with Crippen LogP contribution >= 0.6 is 11.6 Å². The largest absolute Gasteiger partial charge is 0.444 e. The minimum Gasteiger partial charge on any atom is -0.444 e. The molecule has 0 aromatic heterocycles. The third-order valence-electron chi connectivity index (χ3n) is 2.22. The molecule has 0 radical (unpaired) electrons. The van der Waals surface area contributed by atoms with Crippen LogP contribution in [-0.4, -0.2) is 29.0 Å². The first-order valence-electron chi connectivity index (χ1n) is 6.00. The quantitative estimate of drug-likeness (QED) is 0.781. The van der Waals surface area contributed by atoms with Crippen molar-refractivity contribution in [3.63, 3.8) is 0 Å². The Morgan fingerprint density at radius 3 is 2.39 bits per heavy atom. The van der Waals surface area contributed by atoms with E-state index in [-0.39, 0.29) is 6.09 Å². The van der Waals surface area contributed by atoms with Gasteiger partial charge in [0.25, 0.3) is 0 Å². The highest BCUT2D eigenvalue weighted by Gasteiger charge is 2.21. The Hall–Kier alpha value is -1.22. The number of amides is 1. The highest BCUT2D eigenvalue weighted by molar-refractivity contribution is 6.18. The molecule has 0 spiro atoms. The number of carbonyl (C=O) groups is 1. The normalized spacial score (nSPS) is 11.1. The molecule has 0 unspecified atom stereocenters. The highest BCUT2D eigenvalue weighted by Crippen LogP contribution is 2.12. The number of hydrogen-bond donors (Lipinski definition) is 0. The average molecular weight is 270 g/mol. The van der Waals surface area contributed by atoms with Gasteiger partial charge < -0.3 is 9.64 Å². The molecule has 3 nitrogen and oxygen atoms in total. The Bertz CT molecular complexity index is 373. The molecule has 0 saturated heterocycles. The van der Waals surface area contributed by atoms with Crippen molar-refractivity contribution in [2.75, 3.05) is 12.4 Å². The van der Waals surface area contributed by atoms with Gasteiger partial charge in [-0.3, -0.25) is 0 Å². The molecule has 4 heteroatoms. The number of carbonyl (C=O) groups excluding carboxylic acids is 1. The average Bonchev–Trinajstić information content (AvgIpc) is 2.27. The molecule has 0 atom stereocenters. The molecule has 0 heterocycles. The Labute approximate surface area is 114 Å². The number of rotatable bonds is 4. The zero-order valence-corrected chi connectivity index (χ0v) is 11.9. The van der Waals surface area contributed by atoms with Crippen LogP contribution in [-0.2, 0) is 11.3 Å². The maximum atomic E-state index is 12.0. The summed E-state index contributed by atoms with van der Waals surface area (Å²) < 4.78 is 5.35. The molecule has 0 saturated carbocycles. The molecule has 18 heavy (non-hydrogen) atoms. The van der Waals surface area contributed by atoms with E-state index in [0.717, 1.165) is 5.56 Å². The molecule has 0 aliphatic heterocycles. The van der Waals surface area contributed by atoms with Crippen molar-refractivity contribution in [1.29, 1.82) is 0 Å². The van der Waals surface area contributed by atoms with Crippen LogP contribution in [0.5, 0.6) is 0 Å². The fraction of sp³-hybridized carbons (Fsp3) is 0.500. The van der Waals surface area contributed by atoms with Crippen molar-refractivity contribution in [3.8, 4) is 0 Å². The SMILES string of the molecule is CC(C)(C)OC(=O)N(CCCl)Cc1ccccc1. The molecule has 0 aliphatic rings. The van der Waals surface area contributed by atoms with Crippen LogP contribution in [0.2, 0.25) is 0 Å². The zero-order chi connectivity index (χ0) is 13.6. The minimum absolute atomic E-state index is 0.327. The van der Waals surface area contributed by atoms with Crippen LogP contribution < -0.4 is 0 Å². The molecule has 0 bridgehead atoms. The molecule has 0 fully saturated rings. The number of ether oxygens (including phenoxy) is 1. The van der Waals surface area contributed by atoms with E-state index in [4.69, 9.17) is 16.3 Å². The third kappa shape index (κ3) is 5.41. The van der Waals surface area contributed by atoms with Crippen LogP contribution in [0.3, 0.4) is 0 Å². The van der Waals surface area contributed by atoms with E-state index in [1.54, 1.807) is 4.90 Å². The fourth-order valence-corrected chi connectivity index (χ4v) is 1.67. The lowest BCUT2D eigenvalue weighted by Gasteiger charge is -2.27. The minimum atomic E-state index is -0.488. The molecule has 1 aromatic carbocycles. The number of benzene rings is 1. The van der Waals surface area contributed by atoms with E-state index in [2.05, 4.69) is 0 Å². The summed E-state index contributed by atoms with van der Waals surface area (Å²) in [7, 11) is 0. The Kier molecular flexibility index (Phi) is 5.48. The number of nitrogens with zero attached hydrogens (tertiary/aromatic N) is 1. The summed E-state index contributed by atoms with van der Waals surface area (Å²) in [5.74, 6) is 0.395. The van der Waals surface area contributed by atoms with Crippen LogP contribution in [0.4, 0.5) is 4.79 Å². The maximum Gasteiger partial charge on any atom is 0.410 e. The van der Waals surface area contributed by atoms with E-state index in [0.29, 0.717) is 19.0 Å². The first-order chi connectivity index (χ1) is 8.42. The lowest BCUT2D eigenvalue weighted by atomic mass is 10.2. The van der Waals surface area contributed by atoms with Gasteiger partial charge in [0.15, 0.2) is 0 Å². The fourth-order valence-electron chi connectivity index (χ4n) is 1.47. The first kappa shape index (κ1) is 14.8. The second-order valence-electron chi connectivity index (χ2n) is 5.08. The first-order valence-corrected chi connectivity index (χ1v) is 6.53. The van der Waals surface area contributed by atoms with Gasteiger partial charge >= 0.3 is 6.09 Å². The predicted molar refractivity (Wildman–Crippen MR) is 73.8 cm³/mol. The van der Waals surface area contributed by atoms with Gasteiger partial charge in [0.2, 0.25) is 0 Å². The van der Waals surface area contributed by atoms with Gasteiger partial charge in [0, 0.05) is 19.0 Å². The van der Waals surface area contributed by atoms with Gasteiger partial charge in [-0.2, -0.15) is 0 Å². The third-order valence-corrected chi connectivity index (χ3v) is 2.39. The monoisotopic (exact) mass is 269 g/mol. The standard InChI is InChI=1S/C14H20ClNO2/c1-14(2,3)18-13(17)16(10-9-15)11-12-7-5-4-6-8-12/h4-8H,9-11H2,1-3H3. The van der Waals surface area contributed by atoms with Crippen LogP contribution in [0.25, 0.3) is 0 Å². The Balaban J connectivity index is 2.68. The van der Waals surface area contributed by atoms with Crippen LogP contribution in [0.1, 0.15) is 26.3 Å². The summed E-state index contributed by atoms with van der Waals surface area (Å²) in [6, 6.07) is 9.80. The summed E-state index contributed by atoms with van der Waals surface area (Å²) in [5.41, 5.74) is 0.576. The van der Waals surface area contributed by atoms with E-state index in [1.807, 2.05) is 51.1 Å². The maximum absolute atomic E-state index is 12.0. The second-order valence-corrected chi connectivity index (χ2v) is 5.45. The molecular weight excluding hydrogens is 250 g/mol. The molecule has 1 amide bonds. The Morgan fingerprint density at radius 1 is 1.28 bits per heavy atom.